The summed E-state index contributed by atoms with van der Waals surface area (Å²) in [5, 5.41) is 10.9. The van der Waals surface area contributed by atoms with E-state index in [1.165, 1.54) is 0 Å². The molecule has 128 valence electrons. The molecule has 2 aliphatic carbocycles. The second-order valence-corrected chi connectivity index (χ2v) is 8.51. The highest BCUT2D eigenvalue weighted by molar-refractivity contribution is 9.10. The van der Waals surface area contributed by atoms with Crippen molar-refractivity contribution >= 4 is 38.0 Å². The van der Waals surface area contributed by atoms with Crippen LogP contribution in [0.2, 0.25) is 0 Å². The van der Waals surface area contributed by atoms with Gasteiger partial charge in [-0.25, -0.2) is 4.98 Å². The highest BCUT2D eigenvalue weighted by Crippen LogP contribution is 2.70. The fourth-order valence-corrected chi connectivity index (χ4v) is 5.65. The Balaban J connectivity index is 1.39. The number of aliphatic hydroxyl groups is 1. The molecule has 6 rings (SSSR count). The van der Waals surface area contributed by atoms with E-state index in [1.54, 1.807) is 0 Å². The van der Waals surface area contributed by atoms with Crippen LogP contribution in [0.1, 0.15) is 18.7 Å². The number of aromatic nitrogens is 2. The van der Waals surface area contributed by atoms with E-state index >= 15 is 0 Å². The molecule has 25 heavy (non-hydrogen) atoms. The number of benzene rings is 1. The Labute approximate surface area is 151 Å². The maximum atomic E-state index is 12.4. The Kier molecular flexibility index (Phi) is 2.62. The molecule has 0 bridgehead atoms. The normalized spacial score (nSPS) is 33.4. The predicted octanol–water partition coefficient (Wildman–Crippen LogP) is 2.39. The maximum Gasteiger partial charge on any atom is 0.294 e. The Morgan fingerprint density at radius 1 is 1.44 bits per heavy atom. The first-order valence-corrected chi connectivity index (χ1v) is 9.40. The summed E-state index contributed by atoms with van der Waals surface area (Å²) in [6, 6.07) is 6.09. The van der Waals surface area contributed by atoms with Crippen LogP contribution in [0.3, 0.4) is 0 Å². The summed E-state index contributed by atoms with van der Waals surface area (Å²) >= 11 is 3.46. The van der Waals surface area contributed by atoms with Gasteiger partial charge in [0.25, 0.3) is 5.56 Å². The molecule has 3 heterocycles. The summed E-state index contributed by atoms with van der Waals surface area (Å²) in [4.78, 5) is 22.3. The second kappa shape index (κ2) is 4.52. The molecule has 3 aliphatic rings. The first kappa shape index (κ1) is 14.5. The number of likely N-dealkylation sites (tertiary alicyclic amines) is 1. The first-order chi connectivity index (χ1) is 12.1. The van der Waals surface area contributed by atoms with Gasteiger partial charge in [-0.15, -0.1) is 0 Å². The van der Waals surface area contributed by atoms with Crippen molar-refractivity contribution in [2.45, 2.75) is 31.5 Å². The molecule has 7 heteroatoms. The predicted molar refractivity (Wildman–Crippen MR) is 95.2 cm³/mol. The smallest absolute Gasteiger partial charge is 0.294 e. The SMILES string of the molecule is O=c1[nH]c(CN2CC34C(CCC23)[C@@H]4O)nc2c1oc1ccc(Br)cc12. The van der Waals surface area contributed by atoms with E-state index in [2.05, 4.69) is 30.8 Å². The number of H-pyrrole nitrogens is 1. The van der Waals surface area contributed by atoms with Gasteiger partial charge in [-0.05, 0) is 37.0 Å². The van der Waals surface area contributed by atoms with Crippen LogP contribution in [0, 0.1) is 11.3 Å². The largest absolute Gasteiger partial charge is 0.449 e. The van der Waals surface area contributed by atoms with Crippen LogP contribution in [0.25, 0.3) is 22.1 Å². The zero-order valence-electron chi connectivity index (χ0n) is 13.3. The van der Waals surface area contributed by atoms with Crippen molar-refractivity contribution in [2.24, 2.45) is 11.3 Å². The fraction of sp³-hybridized carbons (Fsp3) is 0.444. The van der Waals surface area contributed by atoms with Crippen LogP contribution >= 0.6 is 15.9 Å². The van der Waals surface area contributed by atoms with E-state index in [1.807, 2.05) is 18.2 Å². The molecule has 1 aromatic carbocycles. The van der Waals surface area contributed by atoms with Crippen LogP contribution in [-0.4, -0.2) is 38.7 Å². The van der Waals surface area contributed by atoms with Crippen LogP contribution in [0.4, 0.5) is 0 Å². The maximum absolute atomic E-state index is 12.4. The molecule has 3 aromatic rings. The number of furan rings is 1. The Hall–Kier alpha value is -1.70. The van der Waals surface area contributed by atoms with Gasteiger partial charge >= 0.3 is 0 Å². The number of hydrogen-bond donors (Lipinski definition) is 2. The lowest BCUT2D eigenvalue weighted by molar-refractivity contribution is -0.0322. The van der Waals surface area contributed by atoms with Crippen LogP contribution in [0.15, 0.2) is 31.9 Å². The van der Waals surface area contributed by atoms with E-state index in [0.717, 1.165) is 29.2 Å². The van der Waals surface area contributed by atoms with Gasteiger partial charge in [0.1, 0.15) is 16.9 Å². The van der Waals surface area contributed by atoms with Crippen LogP contribution in [-0.2, 0) is 6.54 Å². The number of hydrogen-bond acceptors (Lipinski definition) is 5. The number of rotatable bonds is 2. The lowest BCUT2D eigenvalue weighted by Gasteiger charge is -2.47. The van der Waals surface area contributed by atoms with Gasteiger partial charge in [0.2, 0.25) is 5.58 Å². The molecule has 4 atom stereocenters. The minimum atomic E-state index is -0.238. The molecular formula is C18H16BrN3O3. The molecule has 2 saturated carbocycles. The van der Waals surface area contributed by atoms with E-state index < -0.39 is 0 Å². The molecule has 1 spiro atoms. The third-order valence-corrected chi connectivity index (χ3v) is 6.98. The average molecular weight is 402 g/mol. The van der Waals surface area contributed by atoms with Gasteiger partial charge in [0.05, 0.1) is 12.6 Å². The quantitative estimate of drug-likeness (QED) is 0.688. The topological polar surface area (TPSA) is 82.4 Å². The van der Waals surface area contributed by atoms with E-state index in [4.69, 9.17) is 4.42 Å². The zero-order chi connectivity index (χ0) is 16.9. The third kappa shape index (κ3) is 1.71. The number of nitrogens with one attached hydrogen (secondary N) is 1. The molecule has 1 aliphatic heterocycles. The number of aliphatic hydroxyl groups excluding tert-OH is 1. The Morgan fingerprint density at radius 3 is 3.16 bits per heavy atom. The van der Waals surface area contributed by atoms with Gasteiger partial charge in [-0.3, -0.25) is 9.69 Å². The number of nitrogens with zero attached hydrogens (tertiary/aromatic N) is 2. The van der Waals surface area contributed by atoms with E-state index in [0.29, 0.717) is 35.4 Å². The Bertz CT molecular complexity index is 1110. The minimum Gasteiger partial charge on any atom is -0.449 e. The molecule has 0 radical (unpaired) electrons. The number of fused-ring (bicyclic) bond motifs is 3. The van der Waals surface area contributed by atoms with Gasteiger partial charge in [0.15, 0.2) is 0 Å². The summed E-state index contributed by atoms with van der Waals surface area (Å²) in [5.41, 5.74) is 1.46. The number of aromatic amines is 1. The van der Waals surface area contributed by atoms with Crippen molar-refractivity contribution in [1.82, 2.24) is 14.9 Å². The van der Waals surface area contributed by atoms with Crippen molar-refractivity contribution in [3.63, 3.8) is 0 Å². The zero-order valence-corrected chi connectivity index (χ0v) is 14.9. The van der Waals surface area contributed by atoms with E-state index in [9.17, 15) is 9.90 Å². The van der Waals surface area contributed by atoms with Gasteiger partial charge in [0, 0.05) is 27.9 Å². The number of halogens is 1. The molecule has 1 saturated heterocycles. The minimum absolute atomic E-state index is 0.118. The summed E-state index contributed by atoms with van der Waals surface area (Å²) in [5.74, 6) is 1.16. The second-order valence-electron chi connectivity index (χ2n) is 7.59. The van der Waals surface area contributed by atoms with Crippen molar-refractivity contribution < 1.29 is 9.52 Å². The molecule has 3 fully saturated rings. The van der Waals surface area contributed by atoms with Crippen molar-refractivity contribution in [3.05, 3.63) is 38.9 Å². The molecule has 2 aromatic heterocycles. The fourth-order valence-electron chi connectivity index (χ4n) is 5.29. The molecule has 0 amide bonds. The first-order valence-electron chi connectivity index (χ1n) is 8.61. The van der Waals surface area contributed by atoms with Gasteiger partial charge in [-0.1, -0.05) is 15.9 Å². The van der Waals surface area contributed by atoms with Crippen molar-refractivity contribution in [2.75, 3.05) is 6.54 Å². The van der Waals surface area contributed by atoms with Gasteiger partial charge < -0.3 is 14.5 Å². The monoisotopic (exact) mass is 401 g/mol. The summed E-state index contributed by atoms with van der Waals surface area (Å²) < 4.78 is 6.60. The lowest BCUT2D eigenvalue weighted by Crippen LogP contribution is -2.57. The highest BCUT2D eigenvalue weighted by Gasteiger charge is 2.77. The molecule has 2 N–H and O–H groups in total. The average Bonchev–Trinajstić information content (AvgIpc) is 2.89. The summed E-state index contributed by atoms with van der Waals surface area (Å²) in [6.45, 7) is 1.51. The van der Waals surface area contributed by atoms with Gasteiger partial charge in [-0.2, -0.15) is 0 Å². The van der Waals surface area contributed by atoms with Crippen molar-refractivity contribution in [3.8, 4) is 0 Å². The molecule has 6 nitrogen and oxygen atoms in total. The third-order valence-electron chi connectivity index (χ3n) is 6.49. The highest BCUT2D eigenvalue weighted by atomic mass is 79.9. The standard InChI is InChI=1S/C18H16BrN3O3/c19-8-1-3-11-9(5-8)14-15(25-11)17(24)21-13(20-14)6-22-7-18-10(16(18)23)2-4-12(18)22/h1,3,5,10,12,16,23H,2,4,6-7H2,(H,20,21,24)/t10?,12?,16-,18?/m0/s1. The lowest BCUT2D eigenvalue weighted by atomic mass is 9.85. The molecule has 3 unspecified atom stereocenters. The summed E-state index contributed by atoms with van der Waals surface area (Å²) in [6.07, 6.45) is 2.13. The van der Waals surface area contributed by atoms with E-state index in [-0.39, 0.29) is 22.7 Å². The van der Waals surface area contributed by atoms with Crippen LogP contribution in [0.5, 0.6) is 0 Å². The van der Waals surface area contributed by atoms with Crippen molar-refractivity contribution in [1.29, 1.82) is 0 Å². The Morgan fingerprint density at radius 2 is 2.32 bits per heavy atom. The summed E-state index contributed by atoms with van der Waals surface area (Å²) in [7, 11) is 0. The van der Waals surface area contributed by atoms with Crippen LogP contribution < -0.4 is 5.56 Å². The molecular weight excluding hydrogens is 386 g/mol.